The van der Waals surface area contributed by atoms with Crippen molar-refractivity contribution in [2.75, 3.05) is 13.2 Å². The van der Waals surface area contributed by atoms with E-state index in [1.54, 1.807) is 23.3 Å². The van der Waals surface area contributed by atoms with E-state index >= 15 is 0 Å². The average Bonchev–Trinajstić information content (AvgIpc) is 2.53. The summed E-state index contributed by atoms with van der Waals surface area (Å²) in [6, 6.07) is 0. The van der Waals surface area contributed by atoms with Crippen LogP contribution >= 0.6 is 0 Å². The summed E-state index contributed by atoms with van der Waals surface area (Å²) in [5.74, 6) is 0.753. The van der Waals surface area contributed by atoms with Crippen molar-refractivity contribution in [1.29, 1.82) is 0 Å². The number of nitrogens with two attached hydrogens (primary N) is 1. The van der Waals surface area contributed by atoms with Gasteiger partial charge in [-0.15, -0.1) is 0 Å². The SMILES string of the molecule is C=Cn1cc(OCCCN)cn1. The first-order chi connectivity index (χ1) is 5.86. The first-order valence-corrected chi connectivity index (χ1v) is 3.86. The van der Waals surface area contributed by atoms with E-state index in [9.17, 15) is 0 Å². The van der Waals surface area contributed by atoms with E-state index < -0.39 is 0 Å². The number of hydrogen-bond donors (Lipinski definition) is 1. The van der Waals surface area contributed by atoms with Crippen molar-refractivity contribution >= 4 is 6.20 Å². The summed E-state index contributed by atoms with van der Waals surface area (Å²) in [6.45, 7) is 4.85. The maximum atomic E-state index is 5.32. The van der Waals surface area contributed by atoms with Crippen LogP contribution in [0, 0.1) is 0 Å². The molecule has 0 bridgehead atoms. The molecule has 12 heavy (non-hydrogen) atoms. The van der Waals surface area contributed by atoms with Crippen LogP contribution in [0.2, 0.25) is 0 Å². The minimum Gasteiger partial charge on any atom is -0.490 e. The van der Waals surface area contributed by atoms with Crippen LogP contribution in [0.15, 0.2) is 19.0 Å². The zero-order valence-electron chi connectivity index (χ0n) is 6.94. The summed E-state index contributed by atoms with van der Waals surface area (Å²) in [5, 5.41) is 3.96. The number of rotatable bonds is 5. The van der Waals surface area contributed by atoms with E-state index in [0.717, 1.165) is 12.2 Å². The molecule has 4 heteroatoms. The first-order valence-electron chi connectivity index (χ1n) is 3.86. The standard InChI is InChI=1S/C8H13N3O/c1-2-11-7-8(6-10-11)12-5-3-4-9/h2,6-7H,1,3-5,9H2. The van der Waals surface area contributed by atoms with Gasteiger partial charge < -0.3 is 10.5 Å². The summed E-state index contributed by atoms with van der Waals surface area (Å²) >= 11 is 0. The molecule has 0 aromatic carbocycles. The molecule has 0 radical (unpaired) electrons. The van der Waals surface area contributed by atoms with Gasteiger partial charge in [0, 0.05) is 6.20 Å². The predicted molar refractivity (Wildman–Crippen MR) is 47.8 cm³/mol. The lowest BCUT2D eigenvalue weighted by Gasteiger charge is -1.99. The van der Waals surface area contributed by atoms with Gasteiger partial charge in [-0.25, -0.2) is 4.68 Å². The van der Waals surface area contributed by atoms with Crippen molar-refractivity contribution in [3.8, 4) is 5.75 Å². The van der Waals surface area contributed by atoms with E-state index in [4.69, 9.17) is 10.5 Å². The Morgan fingerprint density at radius 3 is 3.17 bits per heavy atom. The highest BCUT2D eigenvalue weighted by molar-refractivity contribution is 5.21. The third kappa shape index (κ3) is 2.39. The predicted octanol–water partition coefficient (Wildman–Crippen LogP) is 0.711. The summed E-state index contributed by atoms with van der Waals surface area (Å²) in [7, 11) is 0. The minimum absolute atomic E-state index is 0.638. The number of ether oxygens (including phenoxy) is 1. The fourth-order valence-electron chi connectivity index (χ4n) is 0.768. The third-order valence-corrected chi connectivity index (χ3v) is 1.38. The summed E-state index contributed by atoms with van der Waals surface area (Å²) < 4.78 is 6.91. The second-order valence-corrected chi connectivity index (χ2v) is 2.33. The van der Waals surface area contributed by atoms with Gasteiger partial charge in [-0.2, -0.15) is 5.10 Å². The summed E-state index contributed by atoms with van der Waals surface area (Å²) in [6.07, 6.45) is 5.89. The van der Waals surface area contributed by atoms with Crippen molar-refractivity contribution in [3.63, 3.8) is 0 Å². The molecule has 1 rings (SSSR count). The van der Waals surface area contributed by atoms with Crippen molar-refractivity contribution in [3.05, 3.63) is 19.0 Å². The molecule has 0 unspecified atom stereocenters. The molecule has 0 aliphatic heterocycles. The van der Waals surface area contributed by atoms with Crippen LogP contribution in [0.25, 0.3) is 6.20 Å². The third-order valence-electron chi connectivity index (χ3n) is 1.38. The zero-order chi connectivity index (χ0) is 8.81. The van der Waals surface area contributed by atoms with Crippen molar-refractivity contribution < 1.29 is 4.74 Å². The lowest BCUT2D eigenvalue weighted by atomic mass is 10.5. The number of aromatic nitrogens is 2. The Balaban J connectivity index is 2.36. The Kier molecular flexibility index (Phi) is 3.35. The van der Waals surface area contributed by atoms with Crippen LogP contribution in [-0.2, 0) is 0 Å². The molecule has 4 nitrogen and oxygen atoms in total. The topological polar surface area (TPSA) is 53.1 Å². The van der Waals surface area contributed by atoms with Crippen LogP contribution in [0.1, 0.15) is 6.42 Å². The Bertz CT molecular complexity index is 244. The molecule has 0 saturated carbocycles. The highest BCUT2D eigenvalue weighted by atomic mass is 16.5. The van der Waals surface area contributed by atoms with Crippen LogP contribution < -0.4 is 10.5 Å². The smallest absolute Gasteiger partial charge is 0.157 e. The maximum absolute atomic E-state index is 5.32. The number of hydrogen-bond acceptors (Lipinski definition) is 3. The molecule has 0 atom stereocenters. The average molecular weight is 167 g/mol. The number of nitrogens with zero attached hydrogens (tertiary/aromatic N) is 2. The van der Waals surface area contributed by atoms with E-state index in [1.807, 2.05) is 0 Å². The molecule has 0 spiro atoms. The molecule has 0 aliphatic carbocycles. The highest BCUT2D eigenvalue weighted by Gasteiger charge is 1.95. The lowest BCUT2D eigenvalue weighted by molar-refractivity contribution is 0.313. The molecular weight excluding hydrogens is 154 g/mol. The Labute approximate surface area is 71.6 Å². The van der Waals surface area contributed by atoms with Crippen molar-refractivity contribution in [2.45, 2.75) is 6.42 Å². The Hall–Kier alpha value is -1.29. The zero-order valence-corrected chi connectivity index (χ0v) is 6.94. The summed E-state index contributed by atoms with van der Waals surface area (Å²) in [5.41, 5.74) is 5.31. The van der Waals surface area contributed by atoms with Crippen molar-refractivity contribution in [1.82, 2.24) is 9.78 Å². The maximum Gasteiger partial charge on any atom is 0.157 e. The molecule has 1 aromatic rings. The van der Waals surface area contributed by atoms with E-state index in [-0.39, 0.29) is 0 Å². The molecular formula is C8H13N3O. The van der Waals surface area contributed by atoms with Gasteiger partial charge in [-0.1, -0.05) is 6.58 Å². The van der Waals surface area contributed by atoms with Gasteiger partial charge in [-0.3, -0.25) is 0 Å². The van der Waals surface area contributed by atoms with E-state index in [2.05, 4.69) is 11.7 Å². The normalized spacial score (nSPS) is 9.75. The molecule has 0 amide bonds. The first kappa shape index (κ1) is 8.80. The highest BCUT2D eigenvalue weighted by Crippen LogP contribution is 2.07. The molecule has 0 fully saturated rings. The molecule has 2 N–H and O–H groups in total. The second-order valence-electron chi connectivity index (χ2n) is 2.33. The fraction of sp³-hybridized carbons (Fsp3) is 0.375. The quantitative estimate of drug-likeness (QED) is 0.657. The van der Waals surface area contributed by atoms with Crippen LogP contribution in [0.3, 0.4) is 0 Å². The van der Waals surface area contributed by atoms with Gasteiger partial charge in [0.15, 0.2) is 5.75 Å². The van der Waals surface area contributed by atoms with Gasteiger partial charge in [0.05, 0.1) is 19.0 Å². The van der Waals surface area contributed by atoms with E-state index in [1.165, 1.54) is 0 Å². The molecule has 0 aliphatic rings. The minimum atomic E-state index is 0.638. The Morgan fingerprint density at radius 1 is 1.75 bits per heavy atom. The Morgan fingerprint density at radius 2 is 2.58 bits per heavy atom. The van der Waals surface area contributed by atoms with Crippen LogP contribution in [0.4, 0.5) is 0 Å². The van der Waals surface area contributed by atoms with Gasteiger partial charge in [0.1, 0.15) is 0 Å². The molecule has 0 saturated heterocycles. The van der Waals surface area contributed by atoms with Gasteiger partial charge in [0.25, 0.3) is 0 Å². The van der Waals surface area contributed by atoms with Gasteiger partial charge in [0.2, 0.25) is 0 Å². The van der Waals surface area contributed by atoms with Crippen molar-refractivity contribution in [2.24, 2.45) is 5.73 Å². The van der Waals surface area contributed by atoms with Gasteiger partial charge >= 0.3 is 0 Å². The van der Waals surface area contributed by atoms with Crippen LogP contribution in [-0.4, -0.2) is 22.9 Å². The van der Waals surface area contributed by atoms with E-state index in [0.29, 0.717) is 13.2 Å². The summed E-state index contributed by atoms with van der Waals surface area (Å²) in [4.78, 5) is 0. The molecule has 66 valence electrons. The second kappa shape index (κ2) is 4.56. The monoisotopic (exact) mass is 167 g/mol. The largest absolute Gasteiger partial charge is 0.490 e. The fourth-order valence-corrected chi connectivity index (χ4v) is 0.768. The van der Waals surface area contributed by atoms with Crippen LogP contribution in [0.5, 0.6) is 5.75 Å². The van der Waals surface area contributed by atoms with Gasteiger partial charge in [-0.05, 0) is 13.0 Å². The molecule has 1 aromatic heterocycles. The molecule has 1 heterocycles. The lowest BCUT2D eigenvalue weighted by Crippen LogP contribution is -2.05.